The maximum Gasteiger partial charge on any atom is 0.408 e. The molecular weight excluding hydrogens is 294 g/mol. The quantitative estimate of drug-likeness (QED) is 0.593. The molecule has 0 unspecified atom stereocenters. The Morgan fingerprint density at radius 3 is 2.27 bits per heavy atom. The van der Waals surface area contributed by atoms with E-state index in [1.165, 1.54) is 14.2 Å². The number of hydrogen-bond acceptors (Lipinski definition) is 6. The number of aliphatic hydroxyl groups excluding tert-OH is 1. The van der Waals surface area contributed by atoms with Crippen molar-refractivity contribution >= 4 is 12.1 Å². The highest BCUT2D eigenvalue weighted by Crippen LogP contribution is 2.06. The van der Waals surface area contributed by atoms with E-state index in [1.807, 2.05) is 6.07 Å². The summed E-state index contributed by atoms with van der Waals surface area (Å²) in [5.74, 6) is -1.44. The summed E-state index contributed by atoms with van der Waals surface area (Å²) < 4.78 is 14.5. The molecule has 2 atom stereocenters. The van der Waals surface area contributed by atoms with E-state index in [4.69, 9.17) is 19.3 Å². The summed E-state index contributed by atoms with van der Waals surface area (Å²) in [5.41, 5.74) is 0.747. The van der Waals surface area contributed by atoms with Crippen molar-refractivity contribution in [1.82, 2.24) is 5.32 Å². The van der Waals surface area contributed by atoms with E-state index in [2.05, 4.69) is 5.32 Å². The molecule has 1 aromatic carbocycles. The van der Waals surface area contributed by atoms with Gasteiger partial charge in [-0.05, 0) is 5.56 Å². The number of carbonyl (C=O) groups excluding carboxylic acids is 1. The Kier molecular flexibility index (Phi) is 7.30. The van der Waals surface area contributed by atoms with Crippen LogP contribution in [0.1, 0.15) is 5.56 Å². The molecule has 0 aliphatic carbocycles. The molecule has 0 saturated heterocycles. The van der Waals surface area contributed by atoms with E-state index in [0.29, 0.717) is 0 Å². The maximum absolute atomic E-state index is 11.6. The van der Waals surface area contributed by atoms with Gasteiger partial charge >= 0.3 is 12.1 Å². The lowest BCUT2D eigenvalue weighted by atomic mass is 10.1. The number of methoxy groups -OCH3 is 2. The third-order valence-electron chi connectivity index (χ3n) is 2.84. The van der Waals surface area contributed by atoms with Gasteiger partial charge in [-0.15, -0.1) is 0 Å². The Labute approximate surface area is 127 Å². The van der Waals surface area contributed by atoms with E-state index in [0.717, 1.165) is 5.56 Å². The number of ether oxygens (including phenoxy) is 3. The number of carboxylic acid groups (broad SMARTS) is 1. The van der Waals surface area contributed by atoms with Gasteiger partial charge in [0, 0.05) is 14.2 Å². The normalized spacial score (nSPS) is 13.5. The fourth-order valence-electron chi connectivity index (χ4n) is 1.72. The van der Waals surface area contributed by atoms with Crippen molar-refractivity contribution in [3.8, 4) is 0 Å². The predicted molar refractivity (Wildman–Crippen MR) is 75.0 cm³/mol. The van der Waals surface area contributed by atoms with Crippen molar-refractivity contribution in [2.75, 3.05) is 14.2 Å². The molecule has 0 bridgehead atoms. The summed E-state index contributed by atoms with van der Waals surface area (Å²) in [6.07, 6.45) is -3.77. The van der Waals surface area contributed by atoms with Gasteiger partial charge in [0.25, 0.3) is 0 Å². The van der Waals surface area contributed by atoms with Gasteiger partial charge in [-0.2, -0.15) is 0 Å². The van der Waals surface area contributed by atoms with Crippen LogP contribution in [0.25, 0.3) is 0 Å². The van der Waals surface area contributed by atoms with Crippen molar-refractivity contribution in [1.29, 1.82) is 0 Å². The van der Waals surface area contributed by atoms with Crippen LogP contribution >= 0.6 is 0 Å². The summed E-state index contributed by atoms with van der Waals surface area (Å²) in [5, 5.41) is 21.0. The molecule has 22 heavy (non-hydrogen) atoms. The molecular formula is C14H19NO7. The molecule has 122 valence electrons. The van der Waals surface area contributed by atoms with Crippen molar-refractivity contribution in [3.63, 3.8) is 0 Å². The predicted octanol–water partition coefficient (Wildman–Crippen LogP) is 0.346. The highest BCUT2D eigenvalue weighted by molar-refractivity contribution is 5.80. The number of benzene rings is 1. The van der Waals surface area contributed by atoms with Crippen molar-refractivity contribution in [3.05, 3.63) is 35.9 Å². The van der Waals surface area contributed by atoms with Gasteiger partial charge in [0.15, 0.2) is 12.3 Å². The van der Waals surface area contributed by atoms with Crippen LogP contribution in [-0.4, -0.2) is 54.9 Å². The van der Waals surface area contributed by atoms with Gasteiger partial charge in [-0.3, -0.25) is 0 Å². The van der Waals surface area contributed by atoms with Crippen LogP contribution in [0.3, 0.4) is 0 Å². The molecule has 0 fully saturated rings. The Morgan fingerprint density at radius 1 is 1.18 bits per heavy atom. The SMILES string of the molecule is COC(OC)[C@@H](O)[C@@H](NC(=O)OCc1ccccc1)C(=O)O. The molecule has 8 heteroatoms. The smallest absolute Gasteiger partial charge is 0.408 e. The number of alkyl carbamates (subject to hydrolysis) is 1. The van der Waals surface area contributed by atoms with Crippen LogP contribution < -0.4 is 5.32 Å². The first-order valence-electron chi connectivity index (χ1n) is 6.43. The molecule has 1 aromatic rings. The first-order valence-corrected chi connectivity index (χ1v) is 6.43. The van der Waals surface area contributed by atoms with Crippen molar-refractivity contribution in [2.45, 2.75) is 25.0 Å². The summed E-state index contributed by atoms with van der Waals surface area (Å²) in [4.78, 5) is 22.8. The fourth-order valence-corrected chi connectivity index (χ4v) is 1.72. The molecule has 1 amide bonds. The lowest BCUT2D eigenvalue weighted by Crippen LogP contribution is -2.54. The summed E-state index contributed by atoms with van der Waals surface area (Å²) >= 11 is 0. The van der Waals surface area contributed by atoms with E-state index in [9.17, 15) is 14.7 Å². The molecule has 1 rings (SSSR count). The molecule has 0 aromatic heterocycles. The molecule has 8 nitrogen and oxygen atoms in total. The average Bonchev–Trinajstić information content (AvgIpc) is 2.52. The second-order valence-corrected chi connectivity index (χ2v) is 4.35. The lowest BCUT2D eigenvalue weighted by molar-refractivity contribution is -0.180. The van der Waals surface area contributed by atoms with Gasteiger partial charge in [-0.25, -0.2) is 9.59 Å². The zero-order valence-electron chi connectivity index (χ0n) is 12.3. The van der Waals surface area contributed by atoms with E-state index < -0.39 is 30.5 Å². The van der Waals surface area contributed by atoms with Gasteiger partial charge in [-0.1, -0.05) is 30.3 Å². The van der Waals surface area contributed by atoms with E-state index >= 15 is 0 Å². The summed E-state index contributed by atoms with van der Waals surface area (Å²) in [6.45, 7) is -0.0207. The fraction of sp³-hybridized carbons (Fsp3) is 0.429. The Morgan fingerprint density at radius 2 is 1.77 bits per heavy atom. The van der Waals surface area contributed by atoms with Crippen LogP contribution in [0.4, 0.5) is 4.79 Å². The second kappa shape index (κ2) is 8.98. The minimum Gasteiger partial charge on any atom is -0.480 e. The van der Waals surface area contributed by atoms with Gasteiger partial charge in [0.05, 0.1) is 0 Å². The monoisotopic (exact) mass is 313 g/mol. The van der Waals surface area contributed by atoms with Gasteiger partial charge in [0.2, 0.25) is 0 Å². The Balaban J connectivity index is 2.59. The highest BCUT2D eigenvalue weighted by Gasteiger charge is 2.35. The van der Waals surface area contributed by atoms with E-state index in [-0.39, 0.29) is 6.61 Å². The van der Waals surface area contributed by atoms with E-state index in [1.54, 1.807) is 24.3 Å². The van der Waals surface area contributed by atoms with Crippen LogP contribution in [0.2, 0.25) is 0 Å². The molecule has 0 aliphatic heterocycles. The second-order valence-electron chi connectivity index (χ2n) is 4.35. The Hall–Kier alpha value is -2.16. The highest BCUT2D eigenvalue weighted by atomic mass is 16.7. The molecule has 0 heterocycles. The summed E-state index contributed by atoms with van der Waals surface area (Å²) in [6, 6.07) is 7.25. The topological polar surface area (TPSA) is 114 Å². The number of carbonyl (C=O) groups is 2. The summed E-state index contributed by atoms with van der Waals surface area (Å²) in [7, 11) is 2.48. The minimum atomic E-state index is -1.63. The number of carboxylic acids is 1. The van der Waals surface area contributed by atoms with Gasteiger partial charge < -0.3 is 29.7 Å². The van der Waals surface area contributed by atoms with Crippen LogP contribution in [0.5, 0.6) is 0 Å². The molecule has 3 N–H and O–H groups in total. The van der Waals surface area contributed by atoms with Crippen LogP contribution in [0, 0.1) is 0 Å². The molecule has 0 saturated carbocycles. The lowest BCUT2D eigenvalue weighted by Gasteiger charge is -2.25. The van der Waals surface area contributed by atoms with Crippen LogP contribution in [0.15, 0.2) is 30.3 Å². The van der Waals surface area contributed by atoms with Crippen molar-refractivity contribution < 1.29 is 34.0 Å². The number of rotatable bonds is 8. The first-order chi connectivity index (χ1) is 10.5. The third kappa shape index (κ3) is 5.32. The number of aliphatic carboxylic acids is 1. The van der Waals surface area contributed by atoms with Crippen LogP contribution in [-0.2, 0) is 25.6 Å². The standard InChI is InChI=1S/C14H19NO7/c1-20-13(21-2)11(16)10(12(17)18)15-14(19)22-8-9-6-4-3-5-7-9/h3-7,10-11,13,16H,8H2,1-2H3,(H,15,19)(H,17,18)/t10-,11+/m1/s1. The molecule has 0 radical (unpaired) electrons. The third-order valence-corrected chi connectivity index (χ3v) is 2.84. The molecule has 0 aliphatic rings. The maximum atomic E-state index is 11.6. The first kappa shape index (κ1) is 17.9. The number of nitrogens with one attached hydrogen (secondary N) is 1. The number of amides is 1. The van der Waals surface area contributed by atoms with Crippen molar-refractivity contribution in [2.24, 2.45) is 0 Å². The van der Waals surface area contributed by atoms with Gasteiger partial charge in [0.1, 0.15) is 12.7 Å². The zero-order valence-corrected chi connectivity index (χ0v) is 12.3. The Bertz CT molecular complexity index is 475. The minimum absolute atomic E-state index is 0.0207. The zero-order chi connectivity index (χ0) is 16.5. The largest absolute Gasteiger partial charge is 0.480 e. The molecule has 0 spiro atoms. The number of hydrogen-bond donors (Lipinski definition) is 3. The average molecular weight is 313 g/mol. The number of aliphatic hydroxyl groups is 1.